The first kappa shape index (κ1) is 17.6. The number of carbonyl (C=O) groups excluding carboxylic acids is 2. The lowest BCUT2D eigenvalue weighted by Gasteiger charge is -2.38. The third kappa shape index (κ3) is 4.46. The average Bonchev–Trinajstić information content (AvgIpc) is 2.99. The van der Waals surface area contributed by atoms with Gasteiger partial charge in [0.25, 0.3) is 0 Å². The predicted molar refractivity (Wildman–Crippen MR) is 99.9 cm³/mol. The number of thiazole rings is 1. The highest BCUT2D eigenvalue weighted by atomic mass is 35.5. The molecule has 2 amide bonds. The van der Waals surface area contributed by atoms with E-state index in [1.807, 2.05) is 24.3 Å². The molecule has 0 aliphatic carbocycles. The van der Waals surface area contributed by atoms with E-state index in [1.54, 1.807) is 11.1 Å². The van der Waals surface area contributed by atoms with Crippen molar-refractivity contribution in [3.8, 4) is 0 Å². The number of nitrogens with one attached hydrogen (secondary N) is 1. The maximum absolute atomic E-state index is 12.1. The summed E-state index contributed by atoms with van der Waals surface area (Å²) in [5.74, 6) is 0.0431. The molecule has 7 heteroatoms. The lowest BCUT2D eigenvalue weighted by molar-refractivity contribution is -0.134. The van der Waals surface area contributed by atoms with Crippen LogP contribution in [-0.2, 0) is 16.0 Å². The van der Waals surface area contributed by atoms with Crippen LogP contribution in [0.4, 0.5) is 5.13 Å². The van der Waals surface area contributed by atoms with Gasteiger partial charge in [0.15, 0.2) is 5.13 Å². The van der Waals surface area contributed by atoms with Crippen molar-refractivity contribution >= 4 is 39.9 Å². The fraction of sp³-hybridized carbons (Fsp3) is 0.278. The topological polar surface area (TPSA) is 62.3 Å². The Hall–Kier alpha value is -2.18. The molecule has 0 saturated carbocycles. The number of halogens is 1. The standard InChI is InChI=1S/C18H18ClN3O2S/c1-2-17(24)22-10-12(11-22)7-16(23)21-18-20-9-14(25-18)8-13-5-3-4-6-15(13)19/h2-6,9,12H,1,7-8,10-11H2,(H,20,21,23). The van der Waals surface area contributed by atoms with Gasteiger partial charge >= 0.3 is 0 Å². The summed E-state index contributed by atoms with van der Waals surface area (Å²) in [6.45, 7) is 4.67. The van der Waals surface area contributed by atoms with Gasteiger partial charge < -0.3 is 10.2 Å². The van der Waals surface area contributed by atoms with Crippen molar-refractivity contribution in [1.82, 2.24) is 9.88 Å². The highest BCUT2D eigenvalue weighted by molar-refractivity contribution is 7.15. The monoisotopic (exact) mass is 375 g/mol. The van der Waals surface area contributed by atoms with E-state index >= 15 is 0 Å². The number of amides is 2. The lowest BCUT2D eigenvalue weighted by Crippen LogP contribution is -2.50. The van der Waals surface area contributed by atoms with Gasteiger partial charge in [0.1, 0.15) is 0 Å². The minimum Gasteiger partial charge on any atom is -0.338 e. The SMILES string of the molecule is C=CC(=O)N1CC(CC(=O)Nc2ncc(Cc3ccccc3Cl)s2)C1. The van der Waals surface area contributed by atoms with Crippen molar-refractivity contribution in [2.24, 2.45) is 5.92 Å². The highest BCUT2D eigenvalue weighted by Crippen LogP contribution is 2.25. The Morgan fingerprint density at radius 1 is 1.40 bits per heavy atom. The first-order chi connectivity index (χ1) is 12.0. The normalized spacial score (nSPS) is 14.0. The summed E-state index contributed by atoms with van der Waals surface area (Å²) in [4.78, 5) is 30.4. The number of hydrogen-bond donors (Lipinski definition) is 1. The van der Waals surface area contributed by atoms with Crippen LogP contribution in [0.25, 0.3) is 0 Å². The molecule has 2 heterocycles. The molecule has 1 fully saturated rings. The lowest BCUT2D eigenvalue weighted by atomic mass is 9.96. The van der Waals surface area contributed by atoms with Gasteiger partial charge in [-0.3, -0.25) is 9.59 Å². The molecular formula is C18H18ClN3O2S. The number of carbonyl (C=O) groups is 2. The van der Waals surface area contributed by atoms with E-state index in [2.05, 4.69) is 16.9 Å². The quantitative estimate of drug-likeness (QED) is 0.787. The summed E-state index contributed by atoms with van der Waals surface area (Å²) in [5.41, 5.74) is 1.03. The Bertz CT molecular complexity index is 799. The third-order valence-corrected chi connectivity index (χ3v) is 5.32. The van der Waals surface area contributed by atoms with E-state index in [0.29, 0.717) is 31.1 Å². The highest BCUT2D eigenvalue weighted by Gasteiger charge is 2.30. The summed E-state index contributed by atoms with van der Waals surface area (Å²) in [6.07, 6.45) is 4.14. The van der Waals surface area contributed by atoms with Gasteiger partial charge in [0.2, 0.25) is 11.8 Å². The van der Waals surface area contributed by atoms with Crippen LogP contribution in [0, 0.1) is 5.92 Å². The molecule has 130 valence electrons. The third-order valence-electron chi connectivity index (χ3n) is 4.04. The van der Waals surface area contributed by atoms with Crippen LogP contribution in [-0.4, -0.2) is 34.8 Å². The maximum Gasteiger partial charge on any atom is 0.245 e. The van der Waals surface area contributed by atoms with Crippen molar-refractivity contribution < 1.29 is 9.59 Å². The molecule has 0 bridgehead atoms. The number of benzene rings is 1. The minimum atomic E-state index is -0.0826. The molecular weight excluding hydrogens is 358 g/mol. The molecule has 2 aromatic rings. The largest absolute Gasteiger partial charge is 0.338 e. The molecule has 1 aromatic heterocycles. The Kier molecular flexibility index (Phi) is 5.50. The van der Waals surface area contributed by atoms with Crippen LogP contribution in [0.3, 0.4) is 0 Å². The molecule has 25 heavy (non-hydrogen) atoms. The zero-order valence-electron chi connectivity index (χ0n) is 13.6. The van der Waals surface area contributed by atoms with Crippen molar-refractivity contribution in [2.45, 2.75) is 12.8 Å². The van der Waals surface area contributed by atoms with Gasteiger partial charge in [-0.1, -0.05) is 36.4 Å². The van der Waals surface area contributed by atoms with E-state index in [-0.39, 0.29) is 17.7 Å². The van der Waals surface area contributed by atoms with Gasteiger partial charge in [-0.25, -0.2) is 4.98 Å². The molecule has 0 radical (unpaired) electrons. The summed E-state index contributed by atoms with van der Waals surface area (Å²) in [5, 5.41) is 4.15. The van der Waals surface area contributed by atoms with Crippen LogP contribution >= 0.6 is 22.9 Å². The number of likely N-dealkylation sites (tertiary alicyclic amines) is 1. The molecule has 1 N–H and O–H groups in total. The fourth-order valence-corrected chi connectivity index (χ4v) is 3.77. The summed E-state index contributed by atoms with van der Waals surface area (Å²) in [6, 6.07) is 7.69. The summed E-state index contributed by atoms with van der Waals surface area (Å²) in [7, 11) is 0. The van der Waals surface area contributed by atoms with Gasteiger partial charge in [-0.2, -0.15) is 0 Å². The van der Waals surface area contributed by atoms with Crippen LogP contribution < -0.4 is 5.32 Å². The van der Waals surface area contributed by atoms with Gasteiger partial charge in [0, 0.05) is 47.9 Å². The molecule has 1 aromatic carbocycles. The van der Waals surface area contributed by atoms with Gasteiger partial charge in [-0.05, 0) is 17.7 Å². The van der Waals surface area contributed by atoms with Crippen molar-refractivity contribution in [1.29, 1.82) is 0 Å². The Morgan fingerprint density at radius 2 is 2.16 bits per heavy atom. The smallest absolute Gasteiger partial charge is 0.245 e. The number of aromatic nitrogens is 1. The number of nitrogens with zero attached hydrogens (tertiary/aromatic N) is 2. The van der Waals surface area contributed by atoms with Crippen LogP contribution in [0.2, 0.25) is 5.02 Å². The molecule has 1 aliphatic rings. The fourth-order valence-electron chi connectivity index (χ4n) is 2.72. The van der Waals surface area contributed by atoms with Crippen molar-refractivity contribution in [3.05, 3.63) is 58.6 Å². The number of hydrogen-bond acceptors (Lipinski definition) is 4. The molecule has 0 spiro atoms. The minimum absolute atomic E-state index is 0.0747. The zero-order valence-corrected chi connectivity index (χ0v) is 15.1. The average molecular weight is 376 g/mol. The van der Waals surface area contributed by atoms with Crippen LogP contribution in [0.1, 0.15) is 16.9 Å². The van der Waals surface area contributed by atoms with Crippen molar-refractivity contribution in [3.63, 3.8) is 0 Å². The second-order valence-corrected chi connectivity index (χ2v) is 7.49. The summed E-state index contributed by atoms with van der Waals surface area (Å²) >= 11 is 7.62. The van der Waals surface area contributed by atoms with Crippen LogP contribution in [0.5, 0.6) is 0 Å². The molecule has 3 rings (SSSR count). The Labute approximate surface area is 155 Å². The Balaban J connectivity index is 1.48. The summed E-state index contributed by atoms with van der Waals surface area (Å²) < 4.78 is 0. The number of anilines is 1. The predicted octanol–water partition coefficient (Wildman–Crippen LogP) is 3.36. The second kappa shape index (κ2) is 7.80. The van der Waals surface area contributed by atoms with Crippen LogP contribution in [0.15, 0.2) is 43.1 Å². The van der Waals surface area contributed by atoms with E-state index in [9.17, 15) is 9.59 Å². The van der Waals surface area contributed by atoms with E-state index in [0.717, 1.165) is 15.5 Å². The van der Waals surface area contributed by atoms with E-state index in [1.165, 1.54) is 17.4 Å². The zero-order chi connectivity index (χ0) is 17.8. The van der Waals surface area contributed by atoms with E-state index < -0.39 is 0 Å². The molecule has 5 nitrogen and oxygen atoms in total. The molecule has 1 saturated heterocycles. The first-order valence-electron chi connectivity index (χ1n) is 7.94. The Morgan fingerprint density at radius 3 is 2.88 bits per heavy atom. The first-order valence-corrected chi connectivity index (χ1v) is 9.14. The van der Waals surface area contributed by atoms with E-state index in [4.69, 9.17) is 11.6 Å². The molecule has 0 atom stereocenters. The molecule has 1 aliphatic heterocycles. The van der Waals surface area contributed by atoms with Crippen molar-refractivity contribution in [2.75, 3.05) is 18.4 Å². The van der Waals surface area contributed by atoms with Gasteiger partial charge in [-0.15, -0.1) is 11.3 Å². The number of rotatable bonds is 6. The second-order valence-electron chi connectivity index (χ2n) is 5.97. The maximum atomic E-state index is 12.1. The van der Waals surface area contributed by atoms with Gasteiger partial charge in [0.05, 0.1) is 0 Å². The molecule has 0 unspecified atom stereocenters.